The lowest BCUT2D eigenvalue weighted by atomic mass is 9.97. The summed E-state index contributed by atoms with van der Waals surface area (Å²) in [5, 5.41) is 2.88. The Morgan fingerprint density at radius 2 is 1.72 bits per heavy atom. The first kappa shape index (κ1) is 26.1. The van der Waals surface area contributed by atoms with Crippen LogP contribution in [-0.4, -0.2) is 62.2 Å². The van der Waals surface area contributed by atoms with Crippen molar-refractivity contribution in [2.45, 2.75) is 48.8 Å². The second-order valence-corrected chi connectivity index (χ2v) is 11.0. The quantitative estimate of drug-likeness (QED) is 0.590. The SMILES string of the molecule is CS(=O)(=O)c1ccc(N[C@H]2CCCN(C3CCN(c4ncc(C(F)(F)F)cc4F)CC3)C2=O)c(F)c1. The summed E-state index contributed by atoms with van der Waals surface area (Å²) in [6.45, 7) is 1.12. The molecule has 4 rings (SSSR count). The maximum Gasteiger partial charge on any atom is 0.417 e. The van der Waals surface area contributed by atoms with E-state index in [1.807, 2.05) is 0 Å². The average molecular weight is 533 g/mol. The lowest BCUT2D eigenvalue weighted by Crippen LogP contribution is -2.54. The highest BCUT2D eigenvalue weighted by Gasteiger charge is 2.36. The van der Waals surface area contributed by atoms with Crippen LogP contribution < -0.4 is 10.2 Å². The van der Waals surface area contributed by atoms with E-state index in [1.165, 1.54) is 12.1 Å². The lowest BCUT2D eigenvalue weighted by Gasteiger charge is -2.42. The minimum Gasteiger partial charge on any atom is -0.371 e. The molecular weight excluding hydrogens is 507 g/mol. The fourth-order valence-corrected chi connectivity index (χ4v) is 5.27. The largest absolute Gasteiger partial charge is 0.417 e. The number of halogens is 5. The number of amides is 1. The monoisotopic (exact) mass is 532 g/mol. The van der Waals surface area contributed by atoms with E-state index in [2.05, 4.69) is 10.3 Å². The summed E-state index contributed by atoms with van der Waals surface area (Å²) >= 11 is 0. The van der Waals surface area contributed by atoms with Crippen molar-refractivity contribution in [3.05, 3.63) is 47.7 Å². The van der Waals surface area contributed by atoms with Crippen LogP contribution in [0.1, 0.15) is 31.2 Å². The normalized spacial score (nSPS) is 20.1. The number of nitrogens with zero attached hydrogens (tertiary/aromatic N) is 3. The number of pyridine rings is 1. The van der Waals surface area contributed by atoms with Crippen LogP contribution in [0.25, 0.3) is 0 Å². The third-order valence-electron chi connectivity index (χ3n) is 6.53. The van der Waals surface area contributed by atoms with E-state index >= 15 is 0 Å². The molecule has 0 unspecified atom stereocenters. The number of rotatable bonds is 5. The molecule has 0 saturated carbocycles. The van der Waals surface area contributed by atoms with Gasteiger partial charge in [-0.3, -0.25) is 4.79 Å². The molecular formula is C23H25F5N4O3S. The van der Waals surface area contributed by atoms with Gasteiger partial charge in [0.1, 0.15) is 11.9 Å². The number of alkyl halides is 3. The third kappa shape index (κ3) is 5.55. The van der Waals surface area contributed by atoms with E-state index < -0.39 is 39.3 Å². The van der Waals surface area contributed by atoms with Gasteiger partial charge in [0, 0.05) is 38.1 Å². The molecule has 1 aromatic heterocycles. The van der Waals surface area contributed by atoms with Gasteiger partial charge in [-0.1, -0.05) is 0 Å². The van der Waals surface area contributed by atoms with Gasteiger partial charge in [0.15, 0.2) is 21.5 Å². The molecule has 1 atom stereocenters. The summed E-state index contributed by atoms with van der Waals surface area (Å²) in [5.74, 6) is -2.20. The summed E-state index contributed by atoms with van der Waals surface area (Å²) in [6.07, 6.45) is -1.02. The fraction of sp³-hybridized carbons (Fsp3) is 0.478. The molecule has 196 valence electrons. The Bertz CT molecular complexity index is 1250. The first-order valence-electron chi connectivity index (χ1n) is 11.4. The third-order valence-corrected chi connectivity index (χ3v) is 7.64. The molecule has 7 nitrogen and oxygen atoms in total. The van der Waals surface area contributed by atoms with Gasteiger partial charge in [0.2, 0.25) is 5.91 Å². The number of likely N-dealkylation sites (tertiary alicyclic amines) is 1. The number of piperidine rings is 2. The van der Waals surface area contributed by atoms with Crippen molar-refractivity contribution in [1.82, 2.24) is 9.88 Å². The second-order valence-electron chi connectivity index (χ2n) is 9.03. The molecule has 0 radical (unpaired) electrons. The number of anilines is 2. The molecule has 36 heavy (non-hydrogen) atoms. The summed E-state index contributed by atoms with van der Waals surface area (Å²) in [5.41, 5.74) is -1.13. The zero-order valence-electron chi connectivity index (χ0n) is 19.4. The summed E-state index contributed by atoms with van der Waals surface area (Å²) in [4.78, 5) is 19.9. The van der Waals surface area contributed by atoms with Crippen molar-refractivity contribution in [3.63, 3.8) is 0 Å². The zero-order valence-corrected chi connectivity index (χ0v) is 20.2. The summed E-state index contributed by atoms with van der Waals surface area (Å²) in [6, 6.07) is 3.06. The van der Waals surface area contributed by atoms with Gasteiger partial charge in [0.25, 0.3) is 0 Å². The highest BCUT2D eigenvalue weighted by molar-refractivity contribution is 7.90. The van der Waals surface area contributed by atoms with Crippen molar-refractivity contribution >= 4 is 27.2 Å². The topological polar surface area (TPSA) is 82.6 Å². The Morgan fingerprint density at radius 3 is 2.31 bits per heavy atom. The maximum absolute atomic E-state index is 14.5. The molecule has 1 N–H and O–H groups in total. The Hall–Kier alpha value is -2.96. The molecule has 2 saturated heterocycles. The number of hydrogen-bond acceptors (Lipinski definition) is 6. The van der Waals surface area contributed by atoms with Gasteiger partial charge in [-0.25, -0.2) is 22.2 Å². The van der Waals surface area contributed by atoms with E-state index in [0.717, 1.165) is 12.3 Å². The highest BCUT2D eigenvalue weighted by atomic mass is 32.2. The van der Waals surface area contributed by atoms with Crippen molar-refractivity contribution in [2.75, 3.05) is 36.1 Å². The van der Waals surface area contributed by atoms with E-state index in [0.29, 0.717) is 57.6 Å². The first-order chi connectivity index (χ1) is 16.8. The van der Waals surface area contributed by atoms with Crippen LogP contribution in [0, 0.1) is 11.6 Å². The van der Waals surface area contributed by atoms with Gasteiger partial charge in [-0.05, 0) is 49.9 Å². The van der Waals surface area contributed by atoms with Crippen LogP contribution in [-0.2, 0) is 20.8 Å². The van der Waals surface area contributed by atoms with E-state index in [1.54, 1.807) is 9.80 Å². The Kier molecular flexibility index (Phi) is 7.13. The van der Waals surface area contributed by atoms with Gasteiger partial charge >= 0.3 is 6.18 Å². The molecule has 0 spiro atoms. The van der Waals surface area contributed by atoms with Crippen LogP contribution in [0.5, 0.6) is 0 Å². The highest BCUT2D eigenvalue weighted by Crippen LogP contribution is 2.32. The molecule has 2 aliphatic rings. The molecule has 0 bridgehead atoms. The van der Waals surface area contributed by atoms with Crippen molar-refractivity contribution in [2.24, 2.45) is 0 Å². The molecule has 13 heteroatoms. The number of benzene rings is 1. The fourth-order valence-electron chi connectivity index (χ4n) is 4.64. The van der Waals surface area contributed by atoms with Crippen LogP contribution in [0.4, 0.5) is 33.5 Å². The Balaban J connectivity index is 1.39. The van der Waals surface area contributed by atoms with Gasteiger partial charge in [0.05, 0.1) is 16.1 Å². The van der Waals surface area contributed by atoms with Crippen molar-refractivity contribution < 1.29 is 35.2 Å². The molecule has 3 heterocycles. The van der Waals surface area contributed by atoms with E-state index in [9.17, 15) is 35.2 Å². The summed E-state index contributed by atoms with van der Waals surface area (Å²) in [7, 11) is -3.57. The van der Waals surface area contributed by atoms with E-state index in [4.69, 9.17) is 0 Å². The Morgan fingerprint density at radius 1 is 1.03 bits per heavy atom. The van der Waals surface area contributed by atoms with Crippen LogP contribution in [0.3, 0.4) is 0 Å². The predicted octanol–water partition coefficient (Wildman–Crippen LogP) is 3.85. The lowest BCUT2D eigenvalue weighted by molar-refractivity contribution is -0.138. The number of carbonyl (C=O) groups excluding carboxylic acids is 1. The number of nitrogens with one attached hydrogen (secondary N) is 1. The smallest absolute Gasteiger partial charge is 0.371 e. The van der Waals surface area contributed by atoms with E-state index in [-0.39, 0.29) is 28.3 Å². The molecule has 1 amide bonds. The zero-order chi connectivity index (χ0) is 26.3. The molecule has 2 aliphatic heterocycles. The maximum atomic E-state index is 14.5. The molecule has 2 fully saturated rings. The summed E-state index contributed by atoms with van der Waals surface area (Å²) < 4.78 is 90.4. The predicted molar refractivity (Wildman–Crippen MR) is 122 cm³/mol. The first-order valence-corrected chi connectivity index (χ1v) is 13.3. The Labute approximate surface area is 205 Å². The number of sulfone groups is 1. The molecule has 0 aliphatic carbocycles. The number of carbonyl (C=O) groups is 1. The second kappa shape index (κ2) is 9.83. The van der Waals surface area contributed by atoms with Crippen molar-refractivity contribution in [1.29, 1.82) is 0 Å². The van der Waals surface area contributed by atoms with Crippen LogP contribution in [0.2, 0.25) is 0 Å². The van der Waals surface area contributed by atoms with Crippen LogP contribution in [0.15, 0.2) is 35.4 Å². The standard InChI is InChI=1S/C23H25F5N4O3S/c1-36(34,35)16-4-5-19(17(24)12-16)30-20-3-2-8-32(22(20)33)15-6-9-31(10-7-15)21-18(25)11-14(13-29-21)23(26,27)28/h4-5,11-13,15,20,30H,2-3,6-10H2,1H3/t20-/m0/s1. The molecule has 2 aromatic rings. The van der Waals surface area contributed by atoms with Gasteiger partial charge < -0.3 is 15.1 Å². The van der Waals surface area contributed by atoms with Gasteiger partial charge in [-0.2, -0.15) is 13.2 Å². The van der Waals surface area contributed by atoms with Crippen molar-refractivity contribution in [3.8, 4) is 0 Å². The van der Waals surface area contributed by atoms with Gasteiger partial charge in [-0.15, -0.1) is 0 Å². The minimum atomic E-state index is -4.68. The number of aromatic nitrogens is 1. The molecule has 1 aromatic carbocycles. The van der Waals surface area contributed by atoms with Crippen LogP contribution >= 0.6 is 0 Å². The number of hydrogen-bond donors (Lipinski definition) is 1. The average Bonchev–Trinajstić information content (AvgIpc) is 2.80. The minimum absolute atomic E-state index is 0.0290.